The fourth-order valence-electron chi connectivity index (χ4n) is 2.24. The van der Waals surface area contributed by atoms with E-state index in [9.17, 15) is 5.02 Å². The van der Waals surface area contributed by atoms with Gasteiger partial charge in [0, 0.05) is 0 Å². The standard InChI is InChI=1S/C15H11BClNO3/c1-9-5-15(13(17)7-14(9)18-2)21-11-3-4-12-10(6-11)8-20-16(12)19/h3-7,19H,8H2,1H3. The van der Waals surface area contributed by atoms with E-state index in [-0.39, 0.29) is 0 Å². The summed E-state index contributed by atoms with van der Waals surface area (Å²) in [5.74, 6) is 1.12. The van der Waals surface area contributed by atoms with Crippen molar-refractivity contribution in [3.63, 3.8) is 0 Å². The monoisotopic (exact) mass is 299 g/mol. The van der Waals surface area contributed by atoms with Crippen molar-refractivity contribution in [3.05, 3.63) is 57.9 Å². The highest BCUT2D eigenvalue weighted by Gasteiger charge is 2.27. The summed E-state index contributed by atoms with van der Waals surface area (Å²) < 4.78 is 10.9. The van der Waals surface area contributed by atoms with Gasteiger partial charge < -0.3 is 14.4 Å². The summed E-state index contributed by atoms with van der Waals surface area (Å²) in [5.41, 5.74) is 2.97. The Kier molecular flexibility index (Phi) is 3.60. The molecule has 104 valence electrons. The van der Waals surface area contributed by atoms with E-state index in [1.54, 1.807) is 24.3 Å². The van der Waals surface area contributed by atoms with Crippen LogP contribution in [0.3, 0.4) is 0 Å². The zero-order valence-electron chi connectivity index (χ0n) is 11.3. The Morgan fingerprint density at radius 3 is 2.95 bits per heavy atom. The van der Waals surface area contributed by atoms with Gasteiger partial charge in [-0.25, -0.2) is 4.85 Å². The van der Waals surface area contributed by atoms with Crippen LogP contribution in [-0.4, -0.2) is 12.1 Å². The lowest BCUT2D eigenvalue weighted by atomic mass is 9.80. The SMILES string of the molecule is [C-]#[N+]c1cc(Cl)c(Oc2ccc3c(c2)COB3O)cc1C. The second kappa shape index (κ2) is 5.42. The number of ether oxygens (including phenoxy) is 1. The van der Waals surface area contributed by atoms with Gasteiger partial charge in [0.25, 0.3) is 0 Å². The Bertz CT molecular complexity index is 757. The van der Waals surface area contributed by atoms with Gasteiger partial charge in [0.1, 0.15) is 11.5 Å². The molecule has 0 atom stereocenters. The summed E-state index contributed by atoms with van der Waals surface area (Å²) in [6.07, 6.45) is 0. The highest BCUT2D eigenvalue weighted by Crippen LogP contribution is 2.35. The maximum absolute atomic E-state index is 9.59. The van der Waals surface area contributed by atoms with Gasteiger partial charge in [-0.1, -0.05) is 17.7 Å². The van der Waals surface area contributed by atoms with Crippen LogP contribution in [0, 0.1) is 13.5 Å². The van der Waals surface area contributed by atoms with Gasteiger partial charge >= 0.3 is 7.12 Å². The third-order valence-electron chi connectivity index (χ3n) is 3.38. The molecule has 0 bridgehead atoms. The average molecular weight is 300 g/mol. The normalized spacial score (nSPS) is 13.0. The molecular formula is C15H11BClNO3. The van der Waals surface area contributed by atoms with Gasteiger partial charge in [-0.05, 0) is 47.8 Å². The highest BCUT2D eigenvalue weighted by atomic mass is 35.5. The van der Waals surface area contributed by atoms with Gasteiger partial charge in [-0.3, -0.25) is 0 Å². The van der Waals surface area contributed by atoms with Crippen LogP contribution in [-0.2, 0) is 11.3 Å². The Morgan fingerprint density at radius 1 is 1.38 bits per heavy atom. The number of nitrogens with zero attached hydrogens (tertiary/aromatic N) is 1. The third kappa shape index (κ3) is 2.61. The first kappa shape index (κ1) is 14.0. The van der Waals surface area contributed by atoms with Crippen molar-refractivity contribution in [1.29, 1.82) is 0 Å². The third-order valence-corrected chi connectivity index (χ3v) is 3.67. The van der Waals surface area contributed by atoms with E-state index in [1.165, 1.54) is 0 Å². The molecule has 21 heavy (non-hydrogen) atoms. The van der Waals surface area contributed by atoms with E-state index in [1.807, 2.05) is 13.0 Å². The second-order valence-electron chi connectivity index (χ2n) is 4.81. The summed E-state index contributed by atoms with van der Waals surface area (Å²) in [6, 6.07) is 8.69. The van der Waals surface area contributed by atoms with E-state index in [4.69, 9.17) is 27.6 Å². The van der Waals surface area contributed by atoms with Crippen molar-refractivity contribution in [2.45, 2.75) is 13.5 Å². The zero-order valence-corrected chi connectivity index (χ0v) is 12.0. The average Bonchev–Trinajstić information content (AvgIpc) is 2.83. The summed E-state index contributed by atoms with van der Waals surface area (Å²) in [6.45, 7) is 9.26. The number of rotatable bonds is 2. The molecule has 0 fully saturated rings. The van der Waals surface area contributed by atoms with Crippen LogP contribution < -0.4 is 10.2 Å². The lowest BCUT2D eigenvalue weighted by Crippen LogP contribution is -2.27. The topological polar surface area (TPSA) is 43.0 Å². The molecular weight excluding hydrogens is 288 g/mol. The molecule has 0 aromatic heterocycles. The minimum Gasteiger partial charge on any atom is -0.456 e. The molecule has 0 saturated heterocycles. The van der Waals surface area contributed by atoms with Gasteiger partial charge in [0.2, 0.25) is 0 Å². The first-order chi connectivity index (χ1) is 10.1. The lowest BCUT2D eigenvalue weighted by molar-refractivity contribution is 0.275. The molecule has 0 spiro atoms. The van der Waals surface area contributed by atoms with Crippen molar-refractivity contribution in [3.8, 4) is 11.5 Å². The van der Waals surface area contributed by atoms with Crippen LogP contribution in [0.4, 0.5) is 5.69 Å². The smallest absolute Gasteiger partial charge is 0.456 e. The minimum absolute atomic E-state index is 0.358. The fourth-order valence-corrected chi connectivity index (χ4v) is 2.44. The number of fused-ring (bicyclic) bond motifs is 1. The first-order valence-corrected chi connectivity index (χ1v) is 6.74. The number of halogens is 1. The van der Waals surface area contributed by atoms with Gasteiger partial charge in [-0.15, -0.1) is 0 Å². The van der Waals surface area contributed by atoms with E-state index < -0.39 is 7.12 Å². The highest BCUT2D eigenvalue weighted by molar-refractivity contribution is 6.61. The number of benzene rings is 2. The number of aryl methyl sites for hydroxylation is 1. The van der Waals surface area contributed by atoms with Crippen molar-refractivity contribution < 1.29 is 14.4 Å². The quantitative estimate of drug-likeness (QED) is 0.684. The maximum Gasteiger partial charge on any atom is 0.491 e. The van der Waals surface area contributed by atoms with Crippen LogP contribution in [0.2, 0.25) is 5.02 Å². The largest absolute Gasteiger partial charge is 0.491 e. The zero-order chi connectivity index (χ0) is 15.0. The minimum atomic E-state index is -0.863. The predicted octanol–water partition coefficient (Wildman–Crippen LogP) is 3.21. The Labute approximate surface area is 127 Å². The van der Waals surface area contributed by atoms with Crippen molar-refractivity contribution in [1.82, 2.24) is 0 Å². The Morgan fingerprint density at radius 2 is 2.19 bits per heavy atom. The molecule has 1 aliphatic rings. The van der Waals surface area contributed by atoms with Crippen LogP contribution >= 0.6 is 11.6 Å². The Hall–Kier alpha value is -2.00. The van der Waals surface area contributed by atoms with Gasteiger partial charge in [-0.2, -0.15) is 0 Å². The summed E-state index contributed by atoms with van der Waals surface area (Å²) in [4.78, 5) is 3.40. The summed E-state index contributed by atoms with van der Waals surface area (Å²) in [7, 11) is -0.863. The van der Waals surface area contributed by atoms with E-state index in [0.29, 0.717) is 28.8 Å². The van der Waals surface area contributed by atoms with E-state index in [2.05, 4.69) is 4.85 Å². The second-order valence-corrected chi connectivity index (χ2v) is 5.21. The molecule has 1 N–H and O–H groups in total. The van der Waals surface area contributed by atoms with Crippen LogP contribution in [0.25, 0.3) is 4.85 Å². The van der Waals surface area contributed by atoms with Gasteiger partial charge in [0.15, 0.2) is 5.69 Å². The molecule has 0 saturated carbocycles. The first-order valence-electron chi connectivity index (χ1n) is 6.36. The molecule has 4 nitrogen and oxygen atoms in total. The van der Waals surface area contributed by atoms with E-state index in [0.717, 1.165) is 16.6 Å². The molecule has 6 heteroatoms. The fraction of sp³-hybridized carbons (Fsp3) is 0.133. The summed E-state index contributed by atoms with van der Waals surface area (Å²) >= 11 is 6.14. The maximum atomic E-state index is 9.59. The molecule has 0 aliphatic carbocycles. The Balaban J connectivity index is 1.91. The van der Waals surface area contributed by atoms with Crippen molar-refractivity contribution >= 4 is 29.9 Å². The molecule has 1 aliphatic heterocycles. The van der Waals surface area contributed by atoms with Crippen LogP contribution in [0.1, 0.15) is 11.1 Å². The lowest BCUT2D eigenvalue weighted by Gasteiger charge is -2.10. The van der Waals surface area contributed by atoms with Crippen molar-refractivity contribution in [2.24, 2.45) is 0 Å². The predicted molar refractivity (Wildman–Crippen MR) is 81.4 cm³/mol. The molecule has 0 amide bonds. The molecule has 1 heterocycles. The van der Waals surface area contributed by atoms with Crippen molar-refractivity contribution in [2.75, 3.05) is 0 Å². The molecule has 0 radical (unpaired) electrons. The van der Waals surface area contributed by atoms with Crippen LogP contribution in [0.5, 0.6) is 11.5 Å². The number of hydrogen-bond acceptors (Lipinski definition) is 3. The molecule has 2 aromatic rings. The van der Waals surface area contributed by atoms with Gasteiger partial charge in [0.05, 0.1) is 18.2 Å². The molecule has 3 rings (SSSR count). The molecule has 0 unspecified atom stereocenters. The molecule has 2 aromatic carbocycles. The van der Waals surface area contributed by atoms with Crippen LogP contribution in [0.15, 0.2) is 30.3 Å². The number of hydrogen-bond donors (Lipinski definition) is 1. The van der Waals surface area contributed by atoms with E-state index >= 15 is 0 Å². The summed E-state index contributed by atoms with van der Waals surface area (Å²) in [5, 5.41) is 9.98.